The molecule has 0 bridgehead atoms. The van der Waals surface area contributed by atoms with E-state index in [4.69, 9.17) is 13.0 Å². The van der Waals surface area contributed by atoms with Gasteiger partial charge in [0.25, 0.3) is 0 Å². The van der Waals surface area contributed by atoms with E-state index < -0.39 is 6.10 Å². The Morgan fingerprint density at radius 3 is 2.07 bits per heavy atom. The predicted octanol–water partition coefficient (Wildman–Crippen LogP) is 0.342. The monoisotopic (exact) mass is 257 g/mol. The summed E-state index contributed by atoms with van der Waals surface area (Å²) in [6.45, 7) is 3.52. The molecule has 2 unspecified atom stereocenters. The van der Waals surface area contributed by atoms with Gasteiger partial charge in [0, 0.05) is 0 Å². The van der Waals surface area contributed by atoms with E-state index in [-0.39, 0.29) is 11.9 Å². The van der Waals surface area contributed by atoms with Crippen molar-refractivity contribution in [3.63, 3.8) is 0 Å². The molecule has 0 saturated carbocycles. The van der Waals surface area contributed by atoms with Gasteiger partial charge in [-0.3, -0.25) is 0 Å². The molecule has 0 N–H and O–H groups in total. The van der Waals surface area contributed by atoms with Crippen molar-refractivity contribution in [2.45, 2.75) is 26.1 Å². The summed E-state index contributed by atoms with van der Waals surface area (Å²) in [6.07, 6.45) is 0.798. The van der Waals surface area contributed by atoms with E-state index in [1.54, 1.807) is 14.0 Å². The summed E-state index contributed by atoms with van der Waals surface area (Å²) in [7, 11) is 3.07. The molecule has 14 heavy (non-hydrogen) atoms. The van der Waals surface area contributed by atoms with Crippen LogP contribution in [0.4, 0.5) is 0 Å². The fraction of sp³-hybridized carbons (Fsp3) is 0.667. The molecule has 0 aliphatic rings. The van der Waals surface area contributed by atoms with E-state index in [2.05, 4.69) is 0 Å². The van der Waals surface area contributed by atoms with E-state index in [0.717, 1.165) is 0 Å². The first-order valence-corrected chi connectivity index (χ1v) is 5.51. The minimum absolute atomic E-state index is 0.111. The second-order valence-corrected chi connectivity index (χ2v) is 3.45. The third kappa shape index (κ3) is 4.32. The second kappa shape index (κ2) is 7.11. The van der Waals surface area contributed by atoms with Gasteiger partial charge in [-0.1, -0.05) is 0 Å². The van der Waals surface area contributed by atoms with Gasteiger partial charge in [-0.2, -0.15) is 0 Å². The Labute approximate surface area is 94.9 Å². The summed E-state index contributed by atoms with van der Waals surface area (Å²) < 4.78 is 15.1. The normalized spacial score (nSPS) is 16.1. The molecule has 5 heteroatoms. The van der Waals surface area contributed by atoms with Crippen molar-refractivity contribution >= 4 is 24.7 Å². The van der Waals surface area contributed by atoms with E-state index in [9.17, 15) is 4.79 Å². The molecule has 0 saturated heterocycles. The second-order valence-electron chi connectivity index (χ2n) is 2.85. The summed E-state index contributed by atoms with van der Waals surface area (Å²) in [5.41, 5.74) is 0. The first-order chi connectivity index (χ1) is 6.56. The van der Waals surface area contributed by atoms with Crippen LogP contribution in [0.3, 0.4) is 0 Å². The number of hydrogen-bond donors (Lipinski definition) is 0. The molecule has 0 fully saturated rings. The van der Waals surface area contributed by atoms with Gasteiger partial charge in [-0.25, -0.2) is 0 Å². The zero-order valence-electron chi connectivity index (χ0n) is 9.07. The van der Waals surface area contributed by atoms with Crippen molar-refractivity contribution in [2.24, 2.45) is 0 Å². The zero-order valence-corrected chi connectivity index (χ0v) is 12.0. The molecule has 0 spiro atoms. The Balaban J connectivity index is 4.50. The van der Waals surface area contributed by atoms with E-state index in [1.165, 1.54) is 13.2 Å². The summed E-state index contributed by atoms with van der Waals surface area (Å²) in [5.74, 6) is 0.446. The molecular weight excluding hydrogens is 242 g/mol. The Morgan fingerprint density at radius 2 is 1.71 bits per heavy atom. The molecule has 0 aromatic rings. The number of carbonyl (C=O) groups excluding carboxylic acids is 1. The van der Waals surface area contributed by atoms with Crippen LogP contribution in [0.5, 0.6) is 0 Å². The topological polar surface area (TPSA) is 44.8 Å². The van der Waals surface area contributed by atoms with Crippen LogP contribution in [0.25, 0.3) is 0 Å². The molecule has 2 atom stereocenters. The Hall–Kier alpha value is -0.234. The standard InChI is InChI=1S/C9H16O4.Ga.H/c1-6(12-3)8(10)5-9(11)7(2)13-4;;/h5-7,10H,1-4H3;;/q;+1;/p-1. The summed E-state index contributed by atoms with van der Waals surface area (Å²) >= 11 is 0.633. The molecule has 79 valence electrons. The zero-order chi connectivity index (χ0) is 11.1. The first kappa shape index (κ1) is 13.8. The van der Waals surface area contributed by atoms with Crippen LogP contribution in [-0.4, -0.2) is 51.2 Å². The summed E-state index contributed by atoms with van der Waals surface area (Å²) in [5, 5.41) is 0. The van der Waals surface area contributed by atoms with Gasteiger partial charge in [-0.05, 0) is 0 Å². The van der Waals surface area contributed by atoms with Gasteiger partial charge in [0.15, 0.2) is 0 Å². The van der Waals surface area contributed by atoms with E-state index >= 15 is 0 Å². The Morgan fingerprint density at radius 1 is 1.21 bits per heavy atom. The van der Waals surface area contributed by atoms with Crippen LogP contribution in [-0.2, 0) is 17.8 Å². The van der Waals surface area contributed by atoms with E-state index in [1.807, 2.05) is 6.92 Å². The van der Waals surface area contributed by atoms with Crippen molar-refractivity contribution in [1.82, 2.24) is 0 Å². The van der Waals surface area contributed by atoms with Gasteiger partial charge in [0.1, 0.15) is 0 Å². The Bertz CT molecular complexity index is 215. The van der Waals surface area contributed by atoms with Crippen molar-refractivity contribution in [1.29, 1.82) is 0 Å². The van der Waals surface area contributed by atoms with Crippen molar-refractivity contribution in [3.8, 4) is 0 Å². The molecular formula is C9H16GaO4. The molecule has 0 heterocycles. The number of carbonyl (C=O) groups is 1. The number of rotatable bonds is 6. The quantitative estimate of drug-likeness (QED) is 0.391. The van der Waals surface area contributed by atoms with Crippen molar-refractivity contribution in [2.75, 3.05) is 14.2 Å². The molecule has 4 nitrogen and oxygen atoms in total. The molecule has 0 aromatic heterocycles. The maximum absolute atomic E-state index is 11.4. The Kier molecular flexibility index (Phi) is 6.99. The van der Waals surface area contributed by atoms with Gasteiger partial charge >= 0.3 is 94.7 Å². The van der Waals surface area contributed by atoms with Crippen LogP contribution in [0, 0.1) is 0 Å². The number of ether oxygens (including phenoxy) is 2. The van der Waals surface area contributed by atoms with Crippen LogP contribution >= 0.6 is 0 Å². The van der Waals surface area contributed by atoms with Crippen LogP contribution in [0.2, 0.25) is 0 Å². The molecule has 0 amide bonds. The summed E-state index contributed by atoms with van der Waals surface area (Å²) in [4.78, 5) is 11.4. The molecule has 0 rings (SSSR count). The van der Waals surface area contributed by atoms with Crippen LogP contribution in [0.15, 0.2) is 11.8 Å². The first-order valence-electron chi connectivity index (χ1n) is 4.29. The maximum atomic E-state index is 11.4. The van der Waals surface area contributed by atoms with Gasteiger partial charge in [-0.15, -0.1) is 0 Å². The third-order valence-electron chi connectivity index (χ3n) is 1.96. The fourth-order valence-corrected chi connectivity index (χ4v) is 1.43. The van der Waals surface area contributed by atoms with Gasteiger partial charge in [0.05, 0.1) is 0 Å². The average Bonchev–Trinajstić information content (AvgIpc) is 2.22. The molecule has 0 aromatic carbocycles. The third-order valence-corrected chi connectivity index (χ3v) is 2.66. The molecule has 0 aliphatic carbocycles. The van der Waals surface area contributed by atoms with Crippen LogP contribution < -0.4 is 0 Å². The SMILES string of the molecule is COC(C)C(=O)C=C([O][GaH])C(C)OC. The number of ketones is 1. The van der Waals surface area contributed by atoms with Crippen LogP contribution in [0.1, 0.15) is 13.8 Å². The van der Waals surface area contributed by atoms with E-state index in [0.29, 0.717) is 24.7 Å². The number of hydrogen-bond acceptors (Lipinski definition) is 4. The fourth-order valence-electron chi connectivity index (χ4n) is 0.766. The minimum atomic E-state index is -0.441. The number of methoxy groups -OCH3 is 2. The summed E-state index contributed by atoms with van der Waals surface area (Å²) in [6, 6.07) is 0. The molecule has 1 radical (unpaired) electrons. The van der Waals surface area contributed by atoms with Gasteiger partial charge in [0.2, 0.25) is 0 Å². The predicted molar refractivity (Wildman–Crippen MR) is 54.3 cm³/mol. The van der Waals surface area contributed by atoms with Crippen molar-refractivity contribution < 1.29 is 17.8 Å². The molecule has 0 aliphatic heterocycles. The van der Waals surface area contributed by atoms with Gasteiger partial charge < -0.3 is 0 Å². The average molecular weight is 258 g/mol. The van der Waals surface area contributed by atoms with Crippen molar-refractivity contribution in [3.05, 3.63) is 11.8 Å².